The average Bonchev–Trinajstić information content (AvgIpc) is 3.16. The molecule has 0 aromatic heterocycles. The molecule has 1 atom stereocenters. The average molecular weight is 294 g/mol. The van der Waals surface area contributed by atoms with E-state index >= 15 is 0 Å². The van der Waals surface area contributed by atoms with Gasteiger partial charge in [-0.2, -0.15) is 0 Å². The molecule has 1 aliphatic carbocycles. The zero-order chi connectivity index (χ0) is 14.1. The van der Waals surface area contributed by atoms with Crippen LogP contribution in [-0.4, -0.2) is 30.6 Å². The van der Waals surface area contributed by atoms with Crippen molar-refractivity contribution >= 4 is 29.2 Å². The maximum atomic E-state index is 12.3. The summed E-state index contributed by atoms with van der Waals surface area (Å²) < 4.78 is 0. The van der Waals surface area contributed by atoms with Crippen molar-refractivity contribution in [2.75, 3.05) is 11.4 Å². The van der Waals surface area contributed by atoms with E-state index in [1.54, 1.807) is 17.0 Å². The van der Waals surface area contributed by atoms with Crippen molar-refractivity contribution in [2.24, 2.45) is 0 Å². The Morgan fingerprint density at radius 3 is 2.50 bits per heavy atom. The van der Waals surface area contributed by atoms with Crippen LogP contribution in [0.1, 0.15) is 19.3 Å². The van der Waals surface area contributed by atoms with Crippen molar-refractivity contribution in [1.82, 2.24) is 10.6 Å². The van der Waals surface area contributed by atoms with Crippen molar-refractivity contribution in [2.45, 2.75) is 31.3 Å². The first-order chi connectivity index (χ1) is 9.63. The van der Waals surface area contributed by atoms with E-state index < -0.39 is 6.04 Å². The zero-order valence-electron chi connectivity index (χ0n) is 10.9. The lowest BCUT2D eigenvalue weighted by Crippen LogP contribution is -2.46. The van der Waals surface area contributed by atoms with Gasteiger partial charge in [0.05, 0.1) is 0 Å². The molecule has 1 aromatic rings. The van der Waals surface area contributed by atoms with Gasteiger partial charge in [0.15, 0.2) is 0 Å². The third kappa shape index (κ3) is 2.88. The second-order valence-electron chi connectivity index (χ2n) is 5.20. The third-order valence-corrected chi connectivity index (χ3v) is 3.81. The minimum Gasteiger partial charge on any atom is -0.335 e. The van der Waals surface area contributed by atoms with Crippen LogP contribution in [0, 0.1) is 0 Å². The third-order valence-electron chi connectivity index (χ3n) is 3.56. The van der Waals surface area contributed by atoms with E-state index in [-0.39, 0.29) is 11.9 Å². The van der Waals surface area contributed by atoms with Crippen molar-refractivity contribution in [1.29, 1.82) is 0 Å². The summed E-state index contributed by atoms with van der Waals surface area (Å²) in [7, 11) is 0. The number of benzene rings is 1. The van der Waals surface area contributed by atoms with Gasteiger partial charge in [0.1, 0.15) is 6.04 Å². The summed E-state index contributed by atoms with van der Waals surface area (Å²) in [5.74, 6) is -0.0710. The van der Waals surface area contributed by atoms with Crippen molar-refractivity contribution in [3.63, 3.8) is 0 Å². The van der Waals surface area contributed by atoms with E-state index in [2.05, 4.69) is 10.6 Å². The number of rotatable bonds is 3. The fourth-order valence-corrected chi connectivity index (χ4v) is 2.43. The quantitative estimate of drug-likeness (QED) is 0.894. The van der Waals surface area contributed by atoms with E-state index in [4.69, 9.17) is 11.6 Å². The Balaban J connectivity index is 1.61. The number of carbonyl (C=O) groups is 2. The largest absolute Gasteiger partial charge is 0.335 e. The molecule has 1 saturated heterocycles. The normalized spacial score (nSPS) is 21.9. The first kappa shape index (κ1) is 13.2. The van der Waals surface area contributed by atoms with E-state index in [0.29, 0.717) is 24.0 Å². The topological polar surface area (TPSA) is 61.4 Å². The summed E-state index contributed by atoms with van der Waals surface area (Å²) in [5, 5.41) is 6.21. The number of urea groups is 1. The van der Waals surface area contributed by atoms with E-state index in [0.717, 1.165) is 18.5 Å². The number of hydrogen-bond acceptors (Lipinski definition) is 2. The van der Waals surface area contributed by atoms with Crippen LogP contribution < -0.4 is 15.5 Å². The van der Waals surface area contributed by atoms with Gasteiger partial charge in [-0.15, -0.1) is 0 Å². The highest BCUT2D eigenvalue weighted by Gasteiger charge is 2.34. The molecule has 0 bridgehead atoms. The number of anilines is 1. The number of halogens is 1. The second-order valence-corrected chi connectivity index (χ2v) is 5.64. The Labute approximate surface area is 122 Å². The monoisotopic (exact) mass is 293 g/mol. The van der Waals surface area contributed by atoms with Crippen LogP contribution in [0.2, 0.25) is 5.02 Å². The Morgan fingerprint density at radius 2 is 1.85 bits per heavy atom. The first-order valence-electron chi connectivity index (χ1n) is 6.77. The minimum atomic E-state index is -0.440. The van der Waals surface area contributed by atoms with Crippen molar-refractivity contribution in [3.05, 3.63) is 29.3 Å². The lowest BCUT2D eigenvalue weighted by molar-refractivity contribution is -0.118. The fraction of sp³-hybridized carbons (Fsp3) is 0.429. The molecule has 2 fully saturated rings. The highest BCUT2D eigenvalue weighted by atomic mass is 35.5. The Kier molecular flexibility index (Phi) is 3.53. The first-order valence-corrected chi connectivity index (χ1v) is 7.15. The van der Waals surface area contributed by atoms with E-state index in [1.807, 2.05) is 12.1 Å². The lowest BCUT2D eigenvalue weighted by Gasteiger charge is -2.17. The summed E-state index contributed by atoms with van der Waals surface area (Å²) >= 11 is 5.84. The molecule has 2 N–H and O–H groups in total. The Hall–Kier alpha value is -1.75. The van der Waals surface area contributed by atoms with Gasteiger partial charge in [-0.3, -0.25) is 4.79 Å². The van der Waals surface area contributed by atoms with E-state index in [1.165, 1.54) is 0 Å². The van der Waals surface area contributed by atoms with Crippen molar-refractivity contribution < 1.29 is 9.59 Å². The van der Waals surface area contributed by atoms with Gasteiger partial charge in [-0.25, -0.2) is 4.79 Å². The number of carbonyl (C=O) groups excluding carboxylic acids is 2. The van der Waals surface area contributed by atoms with Gasteiger partial charge < -0.3 is 15.5 Å². The second kappa shape index (κ2) is 5.32. The molecule has 3 rings (SSSR count). The summed E-state index contributed by atoms with van der Waals surface area (Å²) in [6.07, 6.45) is 2.69. The molecular formula is C14H16ClN3O2. The van der Waals surface area contributed by atoms with Gasteiger partial charge in [0, 0.05) is 23.3 Å². The summed E-state index contributed by atoms with van der Waals surface area (Å²) in [6, 6.07) is 6.74. The molecule has 106 valence electrons. The highest BCUT2D eigenvalue weighted by Crippen LogP contribution is 2.23. The Morgan fingerprint density at radius 1 is 1.15 bits per heavy atom. The molecule has 5 nitrogen and oxygen atoms in total. The smallest absolute Gasteiger partial charge is 0.315 e. The molecule has 3 amide bonds. The number of nitrogens with one attached hydrogen (secondary N) is 2. The fourth-order valence-electron chi connectivity index (χ4n) is 2.30. The van der Waals surface area contributed by atoms with Crippen LogP contribution in [0.5, 0.6) is 0 Å². The molecule has 6 heteroatoms. The van der Waals surface area contributed by atoms with E-state index in [9.17, 15) is 9.59 Å². The standard InChI is InChI=1S/C14H16ClN3O2/c15-9-1-5-11(6-2-9)18-8-7-12(13(18)19)17-14(20)16-10-3-4-10/h1-2,5-6,10,12H,3-4,7-8H2,(H2,16,17,20). The molecule has 1 aromatic carbocycles. The number of amides is 3. The Bertz CT molecular complexity index is 528. The van der Waals surface area contributed by atoms with Crippen LogP contribution in [0.4, 0.5) is 10.5 Å². The summed E-state index contributed by atoms with van der Waals surface area (Å²) in [4.78, 5) is 25.6. The molecule has 1 heterocycles. The van der Waals surface area contributed by atoms with Gasteiger partial charge in [0.2, 0.25) is 5.91 Å². The molecule has 0 spiro atoms. The summed E-state index contributed by atoms with van der Waals surface area (Å²) in [6.45, 7) is 0.606. The summed E-state index contributed by atoms with van der Waals surface area (Å²) in [5.41, 5.74) is 0.811. The lowest BCUT2D eigenvalue weighted by atomic mass is 10.2. The van der Waals surface area contributed by atoms with Crippen LogP contribution in [-0.2, 0) is 4.79 Å². The zero-order valence-corrected chi connectivity index (χ0v) is 11.7. The van der Waals surface area contributed by atoms with Gasteiger partial charge in [-0.1, -0.05) is 11.6 Å². The predicted octanol–water partition coefficient (Wildman–Crippen LogP) is 1.91. The van der Waals surface area contributed by atoms with Crippen LogP contribution in [0.3, 0.4) is 0 Å². The number of hydrogen-bond donors (Lipinski definition) is 2. The molecule has 0 radical (unpaired) electrons. The maximum absolute atomic E-state index is 12.3. The predicted molar refractivity (Wildman–Crippen MR) is 76.9 cm³/mol. The highest BCUT2D eigenvalue weighted by molar-refractivity contribution is 6.30. The number of nitrogens with zero attached hydrogens (tertiary/aromatic N) is 1. The molecule has 1 aliphatic heterocycles. The minimum absolute atomic E-state index is 0.0710. The molecular weight excluding hydrogens is 278 g/mol. The molecule has 2 aliphatic rings. The molecule has 1 saturated carbocycles. The maximum Gasteiger partial charge on any atom is 0.315 e. The van der Waals surface area contributed by atoms with Crippen LogP contribution >= 0.6 is 11.6 Å². The van der Waals surface area contributed by atoms with Crippen molar-refractivity contribution in [3.8, 4) is 0 Å². The molecule has 20 heavy (non-hydrogen) atoms. The van der Waals surface area contributed by atoms with Gasteiger partial charge >= 0.3 is 6.03 Å². The SMILES string of the molecule is O=C(NC1CC1)NC1CCN(c2ccc(Cl)cc2)C1=O. The van der Waals surface area contributed by atoms with Crippen LogP contribution in [0.25, 0.3) is 0 Å². The van der Waals surface area contributed by atoms with Gasteiger partial charge in [-0.05, 0) is 43.5 Å². The van der Waals surface area contributed by atoms with Gasteiger partial charge in [0.25, 0.3) is 0 Å². The van der Waals surface area contributed by atoms with Crippen LogP contribution in [0.15, 0.2) is 24.3 Å². The molecule has 1 unspecified atom stereocenters.